The quantitative estimate of drug-likeness (QED) is 0.534. The highest BCUT2D eigenvalue weighted by atomic mass is 32.2. The van der Waals surface area contributed by atoms with Crippen molar-refractivity contribution < 1.29 is 27.8 Å². The number of aliphatic hydroxyl groups excluding tert-OH is 1. The van der Waals surface area contributed by atoms with Gasteiger partial charge in [0.05, 0.1) is 25.5 Å². The van der Waals surface area contributed by atoms with Gasteiger partial charge in [0.2, 0.25) is 5.88 Å². The number of aromatic nitrogens is 3. The summed E-state index contributed by atoms with van der Waals surface area (Å²) < 4.78 is 39.9. The number of sulfonamides is 1. The van der Waals surface area contributed by atoms with E-state index in [2.05, 4.69) is 21.8 Å². The number of nitrogens with zero attached hydrogens (tertiary/aromatic N) is 5. The molecule has 3 rings (SSSR count). The topological polar surface area (TPSA) is 127 Å². The van der Waals surface area contributed by atoms with E-state index in [0.717, 1.165) is 0 Å². The molecule has 2 aromatic heterocycles. The molecular weight excluding hydrogens is 474 g/mol. The fourth-order valence-electron chi connectivity index (χ4n) is 3.63. The SMILES string of the molecule is COCC#Cc1cnc2c(c1)C(=O)N([C@@H](C)CO)C[C@@H](C)[C@H](CN(C)S(=O)(=O)c1cn(C)cn1)O2. The predicted octanol–water partition coefficient (Wildman–Crippen LogP) is 0.354. The molecule has 0 unspecified atom stereocenters. The van der Waals surface area contributed by atoms with Crippen molar-refractivity contribution in [1.29, 1.82) is 0 Å². The van der Waals surface area contributed by atoms with E-state index in [0.29, 0.717) is 5.56 Å². The molecule has 190 valence electrons. The van der Waals surface area contributed by atoms with Crippen LogP contribution in [0.3, 0.4) is 0 Å². The molecule has 35 heavy (non-hydrogen) atoms. The van der Waals surface area contributed by atoms with Gasteiger partial charge in [0.25, 0.3) is 15.9 Å². The molecule has 1 amide bonds. The van der Waals surface area contributed by atoms with Gasteiger partial charge in [0.1, 0.15) is 18.3 Å². The number of imidazole rings is 1. The van der Waals surface area contributed by atoms with Crippen molar-refractivity contribution in [2.24, 2.45) is 13.0 Å². The number of amides is 1. The average molecular weight is 506 g/mol. The molecule has 0 aromatic carbocycles. The van der Waals surface area contributed by atoms with Crippen LogP contribution in [0.5, 0.6) is 5.88 Å². The lowest BCUT2D eigenvalue weighted by molar-refractivity contribution is 0.0373. The minimum absolute atomic E-state index is 0.00608. The highest BCUT2D eigenvalue weighted by Crippen LogP contribution is 2.28. The van der Waals surface area contributed by atoms with Crippen LogP contribution in [0.4, 0.5) is 0 Å². The van der Waals surface area contributed by atoms with E-state index in [1.165, 1.54) is 37.2 Å². The predicted molar refractivity (Wildman–Crippen MR) is 127 cm³/mol. The van der Waals surface area contributed by atoms with Gasteiger partial charge in [0.15, 0.2) is 5.03 Å². The summed E-state index contributed by atoms with van der Waals surface area (Å²) in [5, 5.41) is 9.71. The van der Waals surface area contributed by atoms with E-state index >= 15 is 0 Å². The van der Waals surface area contributed by atoms with Crippen LogP contribution >= 0.6 is 0 Å². The van der Waals surface area contributed by atoms with Gasteiger partial charge in [-0.05, 0) is 13.0 Å². The van der Waals surface area contributed by atoms with Gasteiger partial charge in [-0.1, -0.05) is 18.8 Å². The van der Waals surface area contributed by atoms with Crippen LogP contribution in [0.15, 0.2) is 29.8 Å². The number of fused-ring (bicyclic) bond motifs is 1. The lowest BCUT2D eigenvalue weighted by Gasteiger charge is -2.37. The number of aryl methyl sites for hydroxylation is 1. The molecule has 0 saturated carbocycles. The summed E-state index contributed by atoms with van der Waals surface area (Å²) in [6, 6.07) is 1.13. The number of hydrogen-bond donors (Lipinski definition) is 1. The molecule has 2 aromatic rings. The van der Waals surface area contributed by atoms with Crippen molar-refractivity contribution in [3.8, 4) is 17.7 Å². The number of likely N-dealkylation sites (N-methyl/N-ethyl adjacent to an activating group) is 1. The molecule has 0 saturated heterocycles. The van der Waals surface area contributed by atoms with Gasteiger partial charge in [-0.3, -0.25) is 4.79 Å². The minimum atomic E-state index is -3.85. The fourth-order valence-corrected chi connectivity index (χ4v) is 4.77. The second-order valence-electron chi connectivity index (χ2n) is 8.60. The number of carbonyl (C=O) groups is 1. The zero-order valence-corrected chi connectivity index (χ0v) is 21.3. The molecule has 3 heterocycles. The summed E-state index contributed by atoms with van der Waals surface area (Å²) in [6.45, 7) is 3.87. The first kappa shape index (κ1) is 26.6. The fraction of sp³-hybridized carbons (Fsp3) is 0.522. The monoisotopic (exact) mass is 505 g/mol. The van der Waals surface area contributed by atoms with Gasteiger partial charge in [-0.25, -0.2) is 18.4 Å². The highest BCUT2D eigenvalue weighted by molar-refractivity contribution is 7.89. The van der Waals surface area contributed by atoms with Crippen LogP contribution in [0, 0.1) is 17.8 Å². The van der Waals surface area contributed by atoms with Crippen LogP contribution < -0.4 is 4.74 Å². The molecule has 0 aliphatic carbocycles. The van der Waals surface area contributed by atoms with E-state index < -0.39 is 22.2 Å². The molecule has 0 spiro atoms. The van der Waals surface area contributed by atoms with Gasteiger partial charge in [-0.2, -0.15) is 4.31 Å². The summed E-state index contributed by atoms with van der Waals surface area (Å²) in [6.07, 6.45) is 3.71. The Kier molecular flexibility index (Phi) is 8.50. The lowest BCUT2D eigenvalue weighted by atomic mass is 10.0. The summed E-state index contributed by atoms with van der Waals surface area (Å²) in [5.41, 5.74) is 0.705. The molecule has 1 N–H and O–H groups in total. The molecule has 3 atom stereocenters. The second-order valence-corrected chi connectivity index (χ2v) is 10.6. The normalized spacial score (nSPS) is 19.3. The van der Waals surface area contributed by atoms with Crippen LogP contribution in [-0.4, -0.2) is 95.8 Å². The summed E-state index contributed by atoms with van der Waals surface area (Å²) in [4.78, 5) is 23.2. The molecule has 0 bridgehead atoms. The third kappa shape index (κ3) is 5.99. The maximum Gasteiger partial charge on any atom is 0.261 e. The van der Waals surface area contributed by atoms with Crippen molar-refractivity contribution >= 4 is 15.9 Å². The smallest absolute Gasteiger partial charge is 0.261 e. The summed E-state index contributed by atoms with van der Waals surface area (Å²) in [7, 11) is 0.829. The molecule has 0 fully saturated rings. The van der Waals surface area contributed by atoms with E-state index in [-0.39, 0.29) is 54.6 Å². The van der Waals surface area contributed by atoms with E-state index in [9.17, 15) is 18.3 Å². The van der Waals surface area contributed by atoms with E-state index in [1.54, 1.807) is 29.5 Å². The molecule has 0 radical (unpaired) electrons. The van der Waals surface area contributed by atoms with E-state index in [4.69, 9.17) is 9.47 Å². The Balaban J connectivity index is 1.97. The third-order valence-corrected chi connectivity index (χ3v) is 7.47. The Morgan fingerprint density at radius 1 is 1.40 bits per heavy atom. The Morgan fingerprint density at radius 2 is 2.14 bits per heavy atom. The van der Waals surface area contributed by atoms with Crippen LogP contribution in [0.25, 0.3) is 0 Å². The first-order valence-electron chi connectivity index (χ1n) is 11.1. The molecule has 1 aliphatic heterocycles. The number of aliphatic hydroxyl groups is 1. The van der Waals surface area contributed by atoms with Crippen LogP contribution in [0.2, 0.25) is 0 Å². The second kappa shape index (κ2) is 11.2. The zero-order chi connectivity index (χ0) is 25.8. The number of rotatable bonds is 7. The number of ether oxygens (including phenoxy) is 2. The molecule has 1 aliphatic rings. The van der Waals surface area contributed by atoms with Crippen molar-refractivity contribution in [1.82, 2.24) is 23.7 Å². The average Bonchev–Trinajstić information content (AvgIpc) is 3.28. The number of carbonyl (C=O) groups excluding carboxylic acids is 1. The number of pyridine rings is 1. The highest BCUT2D eigenvalue weighted by Gasteiger charge is 2.36. The van der Waals surface area contributed by atoms with Gasteiger partial charge in [0, 0.05) is 51.6 Å². The van der Waals surface area contributed by atoms with Crippen molar-refractivity contribution in [2.45, 2.75) is 31.0 Å². The summed E-state index contributed by atoms with van der Waals surface area (Å²) in [5.74, 6) is 5.19. The van der Waals surface area contributed by atoms with Crippen molar-refractivity contribution in [3.63, 3.8) is 0 Å². The largest absolute Gasteiger partial charge is 0.472 e. The first-order chi connectivity index (χ1) is 16.6. The van der Waals surface area contributed by atoms with Crippen LogP contribution in [-0.2, 0) is 21.8 Å². The maximum atomic E-state index is 13.4. The van der Waals surface area contributed by atoms with Crippen LogP contribution in [0.1, 0.15) is 29.8 Å². The molecule has 12 heteroatoms. The van der Waals surface area contributed by atoms with Gasteiger partial charge < -0.3 is 24.0 Å². The van der Waals surface area contributed by atoms with Crippen molar-refractivity contribution in [2.75, 3.05) is 40.5 Å². The zero-order valence-electron chi connectivity index (χ0n) is 20.5. The Morgan fingerprint density at radius 3 is 2.77 bits per heavy atom. The van der Waals surface area contributed by atoms with E-state index in [1.807, 2.05) is 6.92 Å². The van der Waals surface area contributed by atoms with Gasteiger partial charge in [-0.15, -0.1) is 0 Å². The lowest BCUT2D eigenvalue weighted by Crippen LogP contribution is -2.50. The number of methoxy groups -OCH3 is 1. The number of hydrogen-bond acceptors (Lipinski definition) is 8. The first-order valence-corrected chi connectivity index (χ1v) is 12.5. The standard InChI is InChI=1S/C23H31N5O6S/c1-16-11-28(17(2)14-29)23(30)19-9-18(7-6-8-33-5)10-24-22(19)34-20(16)12-27(4)35(31,32)21-13-26(3)15-25-21/h9-10,13,15-17,20,29H,8,11-12,14H2,1-5H3/t16-,17+,20+/m1/s1. The third-order valence-electron chi connectivity index (χ3n) is 5.76. The molecule has 11 nitrogen and oxygen atoms in total. The summed E-state index contributed by atoms with van der Waals surface area (Å²) >= 11 is 0. The van der Waals surface area contributed by atoms with Crippen molar-refractivity contribution in [3.05, 3.63) is 35.9 Å². The Bertz CT molecular complexity index is 1220. The molecular formula is C23H31N5O6S. The maximum absolute atomic E-state index is 13.4. The Labute approximate surface area is 205 Å². The Hall–Kier alpha value is -2.98. The van der Waals surface area contributed by atoms with Gasteiger partial charge >= 0.3 is 0 Å². The minimum Gasteiger partial charge on any atom is -0.472 e.